The summed E-state index contributed by atoms with van der Waals surface area (Å²) in [6, 6.07) is 7.09. The van der Waals surface area contributed by atoms with Gasteiger partial charge in [-0.1, -0.05) is 105 Å². The molecule has 21 heavy (non-hydrogen) atoms. The molecule has 1 nitrogen and oxygen atoms in total. The summed E-state index contributed by atoms with van der Waals surface area (Å²) in [7, 11) is 0. The summed E-state index contributed by atoms with van der Waals surface area (Å²) in [4.78, 5) is 0. The Kier molecular flexibility index (Phi) is 7.58. The number of rotatable bonds is 6. The number of alkyl halides is 7. The molecule has 0 unspecified atom stereocenters. The molecule has 0 fully saturated rings. The van der Waals surface area contributed by atoms with Gasteiger partial charge in [0.05, 0.1) is 0 Å². The largest absolute Gasteiger partial charge is 0.396 e. The van der Waals surface area contributed by atoms with Gasteiger partial charge in [-0.25, -0.2) is 0 Å². The van der Waals surface area contributed by atoms with Crippen LogP contribution in [0.15, 0.2) is 24.3 Å². The number of hydrogen-bond acceptors (Lipinski definition) is 1. The van der Waals surface area contributed by atoms with Gasteiger partial charge in [-0.3, -0.25) is 0 Å². The molecule has 0 aliphatic carbocycles. The van der Waals surface area contributed by atoms with E-state index in [2.05, 4.69) is 0 Å². The Morgan fingerprint density at radius 3 is 2.05 bits per heavy atom. The van der Waals surface area contributed by atoms with E-state index in [0.717, 1.165) is 18.4 Å². The summed E-state index contributed by atoms with van der Waals surface area (Å²) < 4.78 is -5.93. The van der Waals surface area contributed by atoms with E-state index in [1.807, 2.05) is 6.07 Å². The molecule has 0 saturated carbocycles. The van der Waals surface area contributed by atoms with Crippen molar-refractivity contribution >= 4 is 81.2 Å². The maximum atomic E-state index is 8.80. The fourth-order valence-corrected chi connectivity index (χ4v) is 3.17. The first kappa shape index (κ1) is 20.3. The van der Waals surface area contributed by atoms with Crippen molar-refractivity contribution in [2.45, 2.75) is 31.7 Å². The van der Waals surface area contributed by atoms with Crippen molar-refractivity contribution in [3.8, 4) is 0 Å². The standard InChI is InChI=1S/C13H13Cl7O/c14-11(15,12(16,17)13(18,19)20)10-6-3-5-9(8-10)4-1-2-7-21/h3,5-6,8,21H,1-2,4,7H2. The number of halogens is 7. The predicted octanol–water partition coefficient (Wildman–Crippen LogP) is 6.18. The molecule has 0 atom stereocenters. The molecular formula is C13H13Cl7O. The number of aliphatic hydroxyl groups is 1. The average Bonchev–Trinajstić information content (AvgIpc) is 2.38. The number of benzene rings is 1. The normalized spacial score (nSPS) is 13.5. The van der Waals surface area contributed by atoms with E-state index in [1.165, 1.54) is 0 Å². The van der Waals surface area contributed by atoms with Crippen LogP contribution >= 0.6 is 81.2 Å². The lowest BCUT2D eigenvalue weighted by atomic mass is 10.0. The van der Waals surface area contributed by atoms with Gasteiger partial charge in [0.1, 0.15) is 0 Å². The molecule has 0 spiro atoms. The first-order valence-electron chi connectivity index (χ1n) is 6.06. The lowest BCUT2D eigenvalue weighted by Crippen LogP contribution is -2.45. The van der Waals surface area contributed by atoms with Crippen molar-refractivity contribution in [1.82, 2.24) is 0 Å². The van der Waals surface area contributed by atoms with E-state index in [1.54, 1.807) is 18.2 Å². The zero-order valence-electron chi connectivity index (χ0n) is 10.7. The Hall–Kier alpha value is 1.21. The van der Waals surface area contributed by atoms with Gasteiger partial charge in [0.15, 0.2) is 4.33 Å². The molecule has 0 aromatic heterocycles. The van der Waals surface area contributed by atoms with Crippen molar-refractivity contribution in [3.63, 3.8) is 0 Å². The summed E-state index contributed by atoms with van der Waals surface area (Å²) in [6.07, 6.45) is 2.29. The minimum atomic E-state index is -2.08. The molecule has 120 valence electrons. The molecule has 1 aromatic carbocycles. The fourth-order valence-electron chi connectivity index (χ4n) is 1.72. The molecule has 8 heteroatoms. The maximum Gasteiger partial charge on any atom is 0.226 e. The van der Waals surface area contributed by atoms with Crippen molar-refractivity contribution in [1.29, 1.82) is 0 Å². The van der Waals surface area contributed by atoms with Crippen LogP contribution < -0.4 is 0 Å². The number of hydrogen-bond donors (Lipinski definition) is 1. The quantitative estimate of drug-likeness (QED) is 0.420. The predicted molar refractivity (Wildman–Crippen MR) is 94.6 cm³/mol. The first-order valence-corrected chi connectivity index (χ1v) is 8.71. The van der Waals surface area contributed by atoms with E-state index < -0.39 is 12.5 Å². The van der Waals surface area contributed by atoms with E-state index in [9.17, 15) is 0 Å². The highest BCUT2D eigenvalue weighted by Crippen LogP contribution is 2.60. The minimum Gasteiger partial charge on any atom is -0.396 e. The van der Waals surface area contributed by atoms with Gasteiger partial charge in [-0.05, 0) is 30.4 Å². The topological polar surface area (TPSA) is 20.2 Å². The lowest BCUT2D eigenvalue weighted by molar-refractivity contribution is 0.284. The highest BCUT2D eigenvalue weighted by molar-refractivity contribution is 6.78. The zero-order chi connectivity index (χ0) is 16.3. The van der Waals surface area contributed by atoms with Gasteiger partial charge >= 0.3 is 0 Å². The van der Waals surface area contributed by atoms with Crippen LogP contribution in [-0.4, -0.2) is 19.8 Å². The third kappa shape index (κ3) is 4.84. The van der Waals surface area contributed by atoms with Crippen molar-refractivity contribution in [2.24, 2.45) is 0 Å². The molecule has 0 aliphatic heterocycles. The molecule has 1 N–H and O–H groups in total. The van der Waals surface area contributed by atoms with Crippen LogP contribution in [0.3, 0.4) is 0 Å². The van der Waals surface area contributed by atoms with Crippen LogP contribution in [0.2, 0.25) is 0 Å². The molecule has 1 aromatic rings. The Bertz CT molecular complexity index is 468. The van der Waals surface area contributed by atoms with E-state index in [0.29, 0.717) is 12.0 Å². The second kappa shape index (κ2) is 7.85. The van der Waals surface area contributed by atoms with Gasteiger partial charge in [-0.15, -0.1) is 0 Å². The highest BCUT2D eigenvalue weighted by Gasteiger charge is 2.60. The van der Waals surface area contributed by atoms with Crippen molar-refractivity contribution in [2.75, 3.05) is 6.61 Å². The van der Waals surface area contributed by atoms with Crippen LogP contribution in [0.5, 0.6) is 0 Å². The van der Waals surface area contributed by atoms with Crippen LogP contribution in [0.25, 0.3) is 0 Å². The SMILES string of the molecule is OCCCCc1cccc(C(Cl)(Cl)C(Cl)(Cl)C(Cl)(Cl)Cl)c1. The second-order valence-electron chi connectivity index (χ2n) is 4.53. The van der Waals surface area contributed by atoms with Gasteiger partial charge < -0.3 is 5.11 Å². The summed E-state index contributed by atoms with van der Waals surface area (Å²) in [5.74, 6) is 0. The molecule has 0 amide bonds. The summed E-state index contributed by atoms with van der Waals surface area (Å²) in [6.45, 7) is 0.147. The Labute approximate surface area is 159 Å². The third-order valence-electron chi connectivity index (χ3n) is 2.91. The van der Waals surface area contributed by atoms with Gasteiger partial charge in [0.25, 0.3) is 0 Å². The van der Waals surface area contributed by atoms with Crippen molar-refractivity contribution in [3.05, 3.63) is 35.4 Å². The van der Waals surface area contributed by atoms with Crippen LogP contribution in [-0.2, 0) is 10.8 Å². The van der Waals surface area contributed by atoms with Gasteiger partial charge in [-0.2, -0.15) is 0 Å². The Morgan fingerprint density at radius 2 is 1.52 bits per heavy atom. The van der Waals surface area contributed by atoms with E-state index in [-0.39, 0.29) is 6.61 Å². The molecule has 0 saturated heterocycles. The summed E-state index contributed by atoms with van der Waals surface area (Å²) in [5.41, 5.74) is 1.41. The molecule has 0 radical (unpaired) electrons. The first-order chi connectivity index (χ1) is 9.54. The molecule has 1 rings (SSSR count). The average molecular weight is 433 g/mol. The minimum absolute atomic E-state index is 0.147. The molecular weight excluding hydrogens is 420 g/mol. The summed E-state index contributed by atoms with van der Waals surface area (Å²) in [5, 5.41) is 8.80. The molecule has 0 aliphatic rings. The van der Waals surface area contributed by atoms with E-state index in [4.69, 9.17) is 86.3 Å². The maximum absolute atomic E-state index is 8.80. The Morgan fingerprint density at radius 1 is 0.905 bits per heavy atom. The smallest absolute Gasteiger partial charge is 0.226 e. The van der Waals surface area contributed by atoms with Gasteiger partial charge in [0.2, 0.25) is 8.13 Å². The lowest BCUT2D eigenvalue weighted by Gasteiger charge is -2.38. The number of aliphatic hydroxyl groups excluding tert-OH is 1. The van der Waals surface area contributed by atoms with Crippen molar-refractivity contribution < 1.29 is 5.11 Å². The second-order valence-corrected chi connectivity index (χ2v) is 9.46. The number of unbranched alkanes of at least 4 members (excludes halogenated alkanes) is 1. The molecule has 0 bridgehead atoms. The summed E-state index contributed by atoms with van der Waals surface area (Å²) >= 11 is 42.1. The zero-order valence-corrected chi connectivity index (χ0v) is 16.0. The van der Waals surface area contributed by atoms with Crippen LogP contribution in [0, 0.1) is 0 Å². The Balaban J connectivity index is 3.06. The number of aryl methyl sites for hydroxylation is 1. The highest BCUT2D eigenvalue weighted by atomic mass is 35.6. The van der Waals surface area contributed by atoms with E-state index >= 15 is 0 Å². The molecule has 0 heterocycles. The fraction of sp³-hybridized carbons (Fsp3) is 0.538. The van der Waals surface area contributed by atoms with Gasteiger partial charge in [0, 0.05) is 6.61 Å². The monoisotopic (exact) mass is 430 g/mol. The van der Waals surface area contributed by atoms with Crippen LogP contribution in [0.1, 0.15) is 24.0 Å². The van der Waals surface area contributed by atoms with Crippen LogP contribution in [0.4, 0.5) is 0 Å². The third-order valence-corrected chi connectivity index (χ3v) is 6.87.